The molecule has 4 aromatic rings. The van der Waals surface area contributed by atoms with Gasteiger partial charge in [0.15, 0.2) is 11.5 Å². The van der Waals surface area contributed by atoms with Gasteiger partial charge in [0.25, 0.3) is 5.91 Å². The van der Waals surface area contributed by atoms with Crippen molar-refractivity contribution in [3.8, 4) is 17.6 Å². The number of rotatable bonds is 5. The van der Waals surface area contributed by atoms with Gasteiger partial charge < -0.3 is 20.1 Å². The molecule has 212 valence electrons. The van der Waals surface area contributed by atoms with Gasteiger partial charge in [-0.3, -0.25) is 14.6 Å². The Bertz CT molecular complexity index is 1790. The molecular formula is C30H25ClN6O4S. The number of halogens is 1. The summed E-state index contributed by atoms with van der Waals surface area (Å²) in [6, 6.07) is 12.6. The molecule has 5 heterocycles. The molecular weight excluding hydrogens is 576 g/mol. The molecule has 0 atom stereocenters. The van der Waals surface area contributed by atoms with Gasteiger partial charge in [0.2, 0.25) is 6.79 Å². The molecule has 1 saturated heterocycles. The summed E-state index contributed by atoms with van der Waals surface area (Å²) in [5.41, 5.74) is 2.79. The normalized spacial score (nSPS) is 16.4. The molecule has 0 aliphatic carbocycles. The fourth-order valence-electron chi connectivity index (χ4n) is 5.62. The quantitative estimate of drug-likeness (QED) is 0.261. The highest BCUT2D eigenvalue weighted by atomic mass is 35.5. The van der Waals surface area contributed by atoms with Crippen molar-refractivity contribution in [3.63, 3.8) is 0 Å². The third kappa shape index (κ3) is 4.48. The van der Waals surface area contributed by atoms with Gasteiger partial charge in [-0.15, -0.1) is 11.3 Å². The lowest BCUT2D eigenvalue weighted by Crippen LogP contribution is -2.35. The molecule has 12 heteroatoms. The maximum Gasteiger partial charge on any atom is 0.331 e. The zero-order chi connectivity index (χ0) is 29.0. The molecule has 3 amide bonds. The van der Waals surface area contributed by atoms with Crippen LogP contribution in [0.5, 0.6) is 11.5 Å². The van der Waals surface area contributed by atoms with E-state index in [9.17, 15) is 14.9 Å². The average molecular weight is 601 g/mol. The lowest BCUT2D eigenvalue weighted by molar-refractivity contribution is 0.103. The van der Waals surface area contributed by atoms with Gasteiger partial charge in [-0.2, -0.15) is 5.26 Å². The number of hydrogen-bond acceptors (Lipinski definition) is 8. The Labute approximate surface area is 250 Å². The van der Waals surface area contributed by atoms with E-state index < -0.39 is 6.03 Å². The molecule has 42 heavy (non-hydrogen) atoms. The number of urea groups is 1. The van der Waals surface area contributed by atoms with E-state index in [1.54, 1.807) is 12.1 Å². The summed E-state index contributed by atoms with van der Waals surface area (Å²) >= 11 is 7.70. The number of hydrogen-bond donors (Lipinski definition) is 2. The molecule has 0 radical (unpaired) electrons. The summed E-state index contributed by atoms with van der Waals surface area (Å²) in [7, 11) is 0. The summed E-state index contributed by atoms with van der Waals surface area (Å²) in [6.07, 6.45) is 3.83. The molecule has 2 aromatic heterocycles. The van der Waals surface area contributed by atoms with E-state index in [0.717, 1.165) is 36.9 Å². The van der Waals surface area contributed by atoms with Crippen molar-refractivity contribution in [2.75, 3.05) is 35.4 Å². The Kier molecular flexibility index (Phi) is 6.61. The number of ether oxygens (including phenoxy) is 2. The first-order valence-corrected chi connectivity index (χ1v) is 14.8. The lowest BCUT2D eigenvalue weighted by atomic mass is 9.99. The van der Waals surface area contributed by atoms with Crippen LogP contribution in [0.4, 0.5) is 27.5 Å². The number of nitriles is 1. The number of fused-ring (bicyclic) bond motifs is 1. The van der Waals surface area contributed by atoms with E-state index in [2.05, 4.69) is 33.5 Å². The highest BCUT2D eigenvalue weighted by Gasteiger charge is 2.38. The van der Waals surface area contributed by atoms with Crippen LogP contribution in [0.15, 0.2) is 42.6 Å². The predicted molar refractivity (Wildman–Crippen MR) is 161 cm³/mol. The Balaban J connectivity index is 1.21. The molecule has 0 spiro atoms. The topological polar surface area (TPSA) is 120 Å². The van der Waals surface area contributed by atoms with Crippen LogP contribution in [-0.2, 0) is 6.54 Å². The fourth-order valence-corrected chi connectivity index (χ4v) is 6.85. The van der Waals surface area contributed by atoms with Gasteiger partial charge >= 0.3 is 6.03 Å². The number of aromatic nitrogens is 1. The summed E-state index contributed by atoms with van der Waals surface area (Å²) in [5.74, 6) is 1.11. The molecule has 3 aliphatic rings. The molecule has 3 aliphatic heterocycles. The smallest absolute Gasteiger partial charge is 0.331 e. The van der Waals surface area contributed by atoms with Crippen molar-refractivity contribution in [1.29, 1.82) is 5.26 Å². The second-order valence-corrected chi connectivity index (χ2v) is 12.0. The second-order valence-electron chi connectivity index (χ2n) is 10.6. The van der Waals surface area contributed by atoms with Crippen LogP contribution in [0.25, 0.3) is 10.2 Å². The summed E-state index contributed by atoms with van der Waals surface area (Å²) < 4.78 is 11.1. The van der Waals surface area contributed by atoms with Crippen molar-refractivity contribution in [3.05, 3.63) is 63.6 Å². The molecule has 10 nitrogen and oxygen atoms in total. The number of carbonyl (C=O) groups excluding carboxylic acids is 2. The van der Waals surface area contributed by atoms with Crippen LogP contribution < -0.4 is 25.0 Å². The predicted octanol–water partition coefficient (Wildman–Crippen LogP) is 6.72. The van der Waals surface area contributed by atoms with Crippen molar-refractivity contribution in [2.45, 2.75) is 26.3 Å². The molecule has 0 bridgehead atoms. The average Bonchev–Trinajstić information content (AvgIpc) is 3.62. The largest absolute Gasteiger partial charge is 0.454 e. The van der Waals surface area contributed by atoms with Gasteiger partial charge in [0.1, 0.15) is 21.5 Å². The molecule has 0 unspecified atom stereocenters. The number of benzene rings is 2. The van der Waals surface area contributed by atoms with Crippen molar-refractivity contribution in [2.24, 2.45) is 5.92 Å². The van der Waals surface area contributed by atoms with E-state index in [4.69, 9.17) is 21.1 Å². The van der Waals surface area contributed by atoms with Crippen molar-refractivity contribution in [1.82, 2.24) is 9.88 Å². The monoisotopic (exact) mass is 600 g/mol. The maximum atomic E-state index is 13.7. The number of nitrogens with zero attached hydrogens (tertiary/aromatic N) is 4. The molecule has 2 aromatic carbocycles. The Hall–Kier alpha value is -4.37. The number of thiophene rings is 1. The van der Waals surface area contributed by atoms with E-state index >= 15 is 0 Å². The SMILES string of the molecule is CC1CCN(Cc2ccc(NC(=O)c3sc4ncc(C#N)c5c4c3NC(=O)N5c3c(Cl)ccc4c3OCO4)cc2)CC1. The lowest BCUT2D eigenvalue weighted by Gasteiger charge is -2.30. The number of likely N-dealkylation sites (tertiary alicyclic amines) is 1. The first-order chi connectivity index (χ1) is 20.4. The standard InChI is InChI=1S/C30H25ClN6O4S/c1-16-8-10-36(11-9-16)14-17-2-4-19(5-3-17)34-28(38)27-23-22-24(18(12-32)13-33-29(22)42-27)37(30(39)35-23)25-20(31)6-7-21-26(25)41-15-40-21/h2-7,13,16H,8-11,14-15H2,1H3,(H,34,38)(H,35,39). The van der Waals surface area contributed by atoms with Gasteiger partial charge in [0.05, 0.1) is 27.3 Å². The van der Waals surface area contributed by atoms with Gasteiger partial charge in [-0.1, -0.05) is 30.7 Å². The van der Waals surface area contributed by atoms with Crippen molar-refractivity contribution >= 4 is 67.8 Å². The number of nitrogens with one attached hydrogen (secondary N) is 2. The van der Waals surface area contributed by atoms with Gasteiger partial charge in [0, 0.05) is 18.4 Å². The minimum Gasteiger partial charge on any atom is -0.454 e. The summed E-state index contributed by atoms with van der Waals surface area (Å²) in [6.45, 7) is 5.35. The van der Waals surface area contributed by atoms with Crippen molar-refractivity contribution < 1.29 is 19.1 Å². The number of carbonyl (C=O) groups is 2. The van der Waals surface area contributed by atoms with Crippen LogP contribution in [0.2, 0.25) is 5.02 Å². The van der Waals surface area contributed by atoms with Crippen LogP contribution in [0, 0.1) is 17.2 Å². The van der Waals surface area contributed by atoms with E-state index in [1.165, 1.54) is 29.5 Å². The first-order valence-electron chi connectivity index (χ1n) is 13.6. The van der Waals surface area contributed by atoms with Gasteiger partial charge in [-0.25, -0.2) is 9.78 Å². The molecule has 2 N–H and O–H groups in total. The fraction of sp³-hybridized carbons (Fsp3) is 0.267. The molecule has 0 saturated carbocycles. The van der Waals surface area contributed by atoms with Crippen LogP contribution in [-0.4, -0.2) is 41.7 Å². The second kappa shape index (κ2) is 10.5. The highest BCUT2D eigenvalue weighted by molar-refractivity contribution is 7.21. The maximum absolute atomic E-state index is 13.7. The van der Waals surface area contributed by atoms with Crippen LogP contribution in [0.1, 0.15) is 40.6 Å². The van der Waals surface area contributed by atoms with E-state index in [1.807, 2.05) is 24.3 Å². The minimum atomic E-state index is -0.596. The highest BCUT2D eigenvalue weighted by Crippen LogP contribution is 2.53. The van der Waals surface area contributed by atoms with Gasteiger partial charge in [-0.05, 0) is 61.7 Å². The third-order valence-electron chi connectivity index (χ3n) is 7.86. The summed E-state index contributed by atoms with van der Waals surface area (Å²) in [4.78, 5) is 36.1. The number of piperidine rings is 1. The van der Waals surface area contributed by atoms with Crippen LogP contribution >= 0.6 is 22.9 Å². The Morgan fingerprint density at radius 3 is 2.74 bits per heavy atom. The zero-order valence-corrected chi connectivity index (χ0v) is 24.1. The first kappa shape index (κ1) is 26.5. The Morgan fingerprint density at radius 1 is 1.19 bits per heavy atom. The van der Waals surface area contributed by atoms with E-state index in [0.29, 0.717) is 33.1 Å². The molecule has 1 fully saturated rings. The number of pyridine rings is 1. The van der Waals surface area contributed by atoms with Crippen LogP contribution in [0.3, 0.4) is 0 Å². The number of amides is 3. The number of anilines is 4. The zero-order valence-electron chi connectivity index (χ0n) is 22.6. The third-order valence-corrected chi connectivity index (χ3v) is 9.26. The van der Waals surface area contributed by atoms with E-state index in [-0.39, 0.29) is 39.5 Å². The Morgan fingerprint density at radius 2 is 1.98 bits per heavy atom. The minimum absolute atomic E-state index is 0.0263. The summed E-state index contributed by atoms with van der Waals surface area (Å²) in [5, 5.41) is 16.5. The molecule has 7 rings (SSSR count).